The molecule has 2 atom stereocenters. The smallest absolute Gasteiger partial charge is 0.292 e. The van der Waals surface area contributed by atoms with E-state index in [1.54, 1.807) is 18.0 Å². The van der Waals surface area contributed by atoms with Crippen molar-refractivity contribution in [1.82, 2.24) is 19.4 Å². The summed E-state index contributed by atoms with van der Waals surface area (Å²) in [6, 6.07) is 7.13. The summed E-state index contributed by atoms with van der Waals surface area (Å²) in [5.41, 5.74) is 1.36. The van der Waals surface area contributed by atoms with Crippen molar-refractivity contribution >= 4 is 17.5 Å². The van der Waals surface area contributed by atoms with Gasteiger partial charge in [-0.15, -0.1) is 0 Å². The lowest BCUT2D eigenvalue weighted by Gasteiger charge is -2.33. The summed E-state index contributed by atoms with van der Waals surface area (Å²) in [4.78, 5) is 37.6. The minimum atomic E-state index is -0.896. The number of hydrogen-bond acceptors (Lipinski definition) is 5. The van der Waals surface area contributed by atoms with Crippen LogP contribution >= 0.6 is 0 Å². The number of nitrogens with one attached hydrogen (secondary N) is 1. The molecule has 154 valence electrons. The van der Waals surface area contributed by atoms with Crippen LogP contribution in [0.2, 0.25) is 0 Å². The zero-order valence-electron chi connectivity index (χ0n) is 17.2. The summed E-state index contributed by atoms with van der Waals surface area (Å²) in [5, 5.41) is 3.02. The number of likely N-dealkylation sites (tertiary alicyclic amines) is 1. The molecular formula is C22H23N5O3. The average molecular weight is 405 g/mol. The first-order chi connectivity index (χ1) is 14.5. The summed E-state index contributed by atoms with van der Waals surface area (Å²) >= 11 is 0. The number of anilines is 1. The highest BCUT2D eigenvalue weighted by atomic mass is 16.4. The van der Waals surface area contributed by atoms with E-state index in [1.807, 2.05) is 49.0 Å². The van der Waals surface area contributed by atoms with E-state index in [4.69, 9.17) is 4.42 Å². The Hall–Kier alpha value is -3.42. The van der Waals surface area contributed by atoms with Gasteiger partial charge in [-0.2, -0.15) is 0 Å². The Bertz CT molecular complexity index is 1160. The van der Waals surface area contributed by atoms with Gasteiger partial charge in [0, 0.05) is 38.1 Å². The second-order valence-electron chi connectivity index (χ2n) is 7.89. The summed E-state index contributed by atoms with van der Waals surface area (Å²) < 4.78 is 7.62. The third-order valence-electron chi connectivity index (χ3n) is 6.29. The predicted octanol–water partition coefficient (Wildman–Crippen LogP) is 2.76. The minimum absolute atomic E-state index is 0.101. The van der Waals surface area contributed by atoms with E-state index >= 15 is 0 Å². The molecule has 5 rings (SSSR count). The summed E-state index contributed by atoms with van der Waals surface area (Å²) in [6.45, 7) is 4.12. The molecule has 0 bridgehead atoms. The first-order valence-electron chi connectivity index (χ1n) is 10.1. The molecule has 2 amide bonds. The molecule has 1 saturated heterocycles. The van der Waals surface area contributed by atoms with Crippen LogP contribution in [0.4, 0.5) is 5.69 Å². The first-order valence-corrected chi connectivity index (χ1v) is 10.1. The van der Waals surface area contributed by atoms with Crippen LogP contribution < -0.4 is 5.32 Å². The van der Waals surface area contributed by atoms with Crippen molar-refractivity contribution in [3.63, 3.8) is 0 Å². The van der Waals surface area contributed by atoms with Gasteiger partial charge in [-0.25, -0.2) is 9.97 Å². The molecule has 1 spiro atoms. The number of fused-ring (bicyclic) bond motifs is 2. The quantitative estimate of drug-likeness (QED) is 0.723. The predicted molar refractivity (Wildman–Crippen MR) is 109 cm³/mol. The van der Waals surface area contributed by atoms with Crippen molar-refractivity contribution in [3.8, 4) is 0 Å². The zero-order valence-corrected chi connectivity index (χ0v) is 17.2. The highest BCUT2D eigenvalue weighted by Gasteiger charge is 2.61. The molecule has 1 N–H and O–H groups in total. The Balaban J connectivity index is 1.67. The van der Waals surface area contributed by atoms with Gasteiger partial charge in [0.2, 0.25) is 11.7 Å². The van der Waals surface area contributed by atoms with Crippen molar-refractivity contribution in [1.29, 1.82) is 0 Å². The van der Waals surface area contributed by atoms with E-state index in [0.29, 0.717) is 36.8 Å². The summed E-state index contributed by atoms with van der Waals surface area (Å²) in [7, 11) is 1.88. The van der Waals surface area contributed by atoms with Gasteiger partial charge in [0.1, 0.15) is 17.3 Å². The van der Waals surface area contributed by atoms with Gasteiger partial charge in [0.15, 0.2) is 5.89 Å². The van der Waals surface area contributed by atoms with Gasteiger partial charge in [-0.3, -0.25) is 9.59 Å². The highest BCUT2D eigenvalue weighted by molar-refractivity contribution is 6.08. The maximum atomic E-state index is 13.6. The molecule has 1 fully saturated rings. The fourth-order valence-corrected chi connectivity index (χ4v) is 4.84. The van der Waals surface area contributed by atoms with Gasteiger partial charge in [-0.05, 0) is 25.0 Å². The Kier molecular flexibility index (Phi) is 4.06. The van der Waals surface area contributed by atoms with Crippen LogP contribution in [0.1, 0.15) is 52.9 Å². The van der Waals surface area contributed by atoms with Crippen LogP contribution in [0.3, 0.4) is 0 Å². The lowest BCUT2D eigenvalue weighted by Crippen LogP contribution is -2.43. The topological polar surface area (TPSA) is 93.3 Å². The summed E-state index contributed by atoms with van der Waals surface area (Å²) in [6.07, 6.45) is 4.64. The molecule has 2 aliphatic rings. The van der Waals surface area contributed by atoms with Crippen molar-refractivity contribution in [3.05, 3.63) is 65.4 Å². The molecule has 0 saturated carbocycles. The van der Waals surface area contributed by atoms with E-state index in [9.17, 15) is 9.59 Å². The molecule has 0 radical (unpaired) electrons. The third-order valence-corrected chi connectivity index (χ3v) is 6.29. The number of carbonyl (C=O) groups excluding carboxylic acids is 2. The Labute approximate surface area is 173 Å². The van der Waals surface area contributed by atoms with Crippen molar-refractivity contribution in [2.24, 2.45) is 7.05 Å². The maximum Gasteiger partial charge on any atom is 0.292 e. The van der Waals surface area contributed by atoms with Gasteiger partial charge in [-0.1, -0.05) is 25.1 Å². The summed E-state index contributed by atoms with van der Waals surface area (Å²) in [5.74, 6) is 1.06. The highest BCUT2D eigenvalue weighted by Crippen LogP contribution is 2.54. The second kappa shape index (κ2) is 6.55. The lowest BCUT2D eigenvalue weighted by atomic mass is 9.74. The van der Waals surface area contributed by atoms with Crippen molar-refractivity contribution in [2.75, 3.05) is 11.9 Å². The van der Waals surface area contributed by atoms with E-state index in [0.717, 1.165) is 11.3 Å². The van der Waals surface area contributed by atoms with Crippen LogP contribution in [0.15, 0.2) is 41.1 Å². The number of rotatable bonds is 3. The van der Waals surface area contributed by atoms with Gasteiger partial charge >= 0.3 is 0 Å². The van der Waals surface area contributed by atoms with E-state index in [-0.39, 0.29) is 17.6 Å². The maximum absolute atomic E-state index is 13.6. The fraction of sp³-hybridized carbons (Fsp3) is 0.364. The SMILES string of the molecule is CCc1nc(C)c(C(=O)N2CC[C@]3(C(=O)Nc4ccccc43)[C@@H]2c2nccn2C)o1. The number of carbonyl (C=O) groups is 2. The molecule has 1 aromatic carbocycles. The number of amides is 2. The number of aryl methyl sites for hydroxylation is 3. The van der Waals surface area contributed by atoms with E-state index in [2.05, 4.69) is 15.3 Å². The van der Waals surface area contributed by atoms with Crippen molar-refractivity contribution < 1.29 is 14.0 Å². The van der Waals surface area contributed by atoms with E-state index in [1.165, 1.54) is 0 Å². The lowest BCUT2D eigenvalue weighted by molar-refractivity contribution is -0.121. The number of nitrogens with zero attached hydrogens (tertiary/aromatic N) is 4. The fourth-order valence-electron chi connectivity index (χ4n) is 4.84. The number of benzene rings is 1. The monoisotopic (exact) mass is 405 g/mol. The van der Waals surface area contributed by atoms with Gasteiger partial charge < -0.3 is 19.2 Å². The Morgan fingerprint density at radius 3 is 2.87 bits per heavy atom. The molecule has 2 aliphatic heterocycles. The Morgan fingerprint density at radius 1 is 1.37 bits per heavy atom. The number of aromatic nitrogens is 3. The molecule has 2 aromatic heterocycles. The van der Waals surface area contributed by atoms with Crippen molar-refractivity contribution in [2.45, 2.75) is 38.1 Å². The number of imidazole rings is 1. The minimum Gasteiger partial charge on any atom is -0.435 e. The van der Waals surface area contributed by atoms with Crippen LogP contribution in [-0.4, -0.2) is 37.8 Å². The molecule has 0 unspecified atom stereocenters. The normalized spacial score (nSPS) is 22.6. The first kappa shape index (κ1) is 18.6. The number of hydrogen-bond donors (Lipinski definition) is 1. The van der Waals surface area contributed by atoms with E-state index < -0.39 is 11.5 Å². The molecule has 4 heterocycles. The molecule has 0 aliphatic carbocycles. The zero-order chi connectivity index (χ0) is 21.0. The van der Waals surface area contributed by atoms with Gasteiger partial charge in [0.25, 0.3) is 5.91 Å². The largest absolute Gasteiger partial charge is 0.435 e. The Morgan fingerprint density at radius 2 is 2.17 bits per heavy atom. The van der Waals surface area contributed by atoms with Crippen LogP contribution in [0, 0.1) is 6.92 Å². The number of oxazole rings is 1. The van der Waals surface area contributed by atoms with Crippen LogP contribution in [-0.2, 0) is 23.7 Å². The molecule has 8 heteroatoms. The standard InChI is InChI=1S/C22H23N5O3/c1-4-16-24-13(2)17(30-16)20(28)27-11-9-22(18(27)19-23-10-12-26(19)3)14-7-5-6-8-15(14)25-21(22)29/h5-8,10,12,18H,4,9,11H2,1-3H3,(H,25,29)/t18-,22+/m0/s1. The average Bonchev–Trinajstić information content (AvgIpc) is 3.48. The van der Waals surface area contributed by atoms with Crippen LogP contribution in [0.5, 0.6) is 0 Å². The molecule has 3 aromatic rings. The third kappa shape index (κ3) is 2.39. The molecular weight excluding hydrogens is 382 g/mol. The number of para-hydroxylation sites is 1. The van der Waals surface area contributed by atoms with Gasteiger partial charge in [0.05, 0.1) is 5.69 Å². The molecule has 30 heavy (non-hydrogen) atoms. The van der Waals surface area contributed by atoms with Crippen LogP contribution in [0.25, 0.3) is 0 Å². The second-order valence-corrected chi connectivity index (χ2v) is 7.89. The molecule has 8 nitrogen and oxygen atoms in total.